The molecule has 17 heavy (non-hydrogen) atoms. The molecule has 1 rings (SSSR count). The van der Waals surface area contributed by atoms with Crippen molar-refractivity contribution in [3.8, 4) is 0 Å². The van der Waals surface area contributed by atoms with Crippen LogP contribution in [0.25, 0.3) is 0 Å². The number of halogens is 2. The zero-order valence-corrected chi connectivity index (χ0v) is 8.75. The molecule has 1 aromatic carbocycles. The molecule has 4 nitrogen and oxygen atoms in total. The highest BCUT2D eigenvalue weighted by Gasteiger charge is 2.47. The van der Waals surface area contributed by atoms with E-state index >= 15 is 0 Å². The van der Waals surface area contributed by atoms with Crippen LogP contribution in [0.5, 0.6) is 0 Å². The number of aliphatic hydroxyl groups excluding tert-OH is 2. The molecular weight excluding hydrogens is 234 g/mol. The maximum Gasteiger partial charge on any atom is 0.306 e. The van der Waals surface area contributed by atoms with Crippen LogP contribution >= 0.6 is 0 Å². The number of carboxylic acids is 1. The van der Waals surface area contributed by atoms with Crippen molar-refractivity contribution in [2.75, 3.05) is 0 Å². The highest BCUT2D eigenvalue weighted by Crippen LogP contribution is 2.35. The van der Waals surface area contributed by atoms with Crippen LogP contribution in [0, 0.1) is 0 Å². The Balaban J connectivity index is 2.86. The van der Waals surface area contributed by atoms with Gasteiger partial charge in [0.2, 0.25) is 0 Å². The highest BCUT2D eigenvalue weighted by molar-refractivity contribution is 5.67. The molecule has 6 heteroatoms. The summed E-state index contributed by atoms with van der Waals surface area (Å²) in [6, 6.07) is 7.04. The number of carboxylic acid groups (broad SMARTS) is 1. The third kappa shape index (κ3) is 3.21. The van der Waals surface area contributed by atoms with E-state index < -0.39 is 30.5 Å². The Kier molecular flexibility index (Phi) is 4.14. The Bertz CT molecular complexity index is 380. The summed E-state index contributed by atoms with van der Waals surface area (Å²) in [5, 5.41) is 26.8. The zero-order valence-electron chi connectivity index (χ0n) is 8.75. The van der Waals surface area contributed by atoms with Crippen molar-refractivity contribution in [3.05, 3.63) is 35.9 Å². The molecule has 2 atom stereocenters. The minimum atomic E-state index is -3.92. The summed E-state index contributed by atoms with van der Waals surface area (Å²) in [4.78, 5) is 10.2. The lowest BCUT2D eigenvalue weighted by atomic mass is 9.98. The lowest BCUT2D eigenvalue weighted by Crippen LogP contribution is -2.40. The lowest BCUT2D eigenvalue weighted by molar-refractivity contribution is -0.186. The molecule has 0 heterocycles. The molecule has 94 valence electrons. The second-order valence-corrected chi connectivity index (χ2v) is 3.60. The molecule has 0 fully saturated rings. The first kappa shape index (κ1) is 13.5. The summed E-state index contributed by atoms with van der Waals surface area (Å²) in [7, 11) is 0. The molecule has 3 N–H and O–H groups in total. The van der Waals surface area contributed by atoms with E-state index in [2.05, 4.69) is 0 Å². The van der Waals surface area contributed by atoms with Gasteiger partial charge >= 0.3 is 11.9 Å². The van der Waals surface area contributed by atoms with E-state index in [1.807, 2.05) is 0 Å². The summed E-state index contributed by atoms with van der Waals surface area (Å²) in [5.41, 5.74) is -0.0815. The SMILES string of the molecule is O=C(O)CC(O)C(F)(F)C(O)c1ccccc1. The first-order valence-electron chi connectivity index (χ1n) is 4.86. The molecule has 0 radical (unpaired) electrons. The fraction of sp³-hybridized carbons (Fsp3) is 0.364. The van der Waals surface area contributed by atoms with Crippen LogP contribution in [0.3, 0.4) is 0 Å². The smallest absolute Gasteiger partial charge is 0.306 e. The minimum absolute atomic E-state index is 0.0815. The van der Waals surface area contributed by atoms with Gasteiger partial charge < -0.3 is 15.3 Å². The zero-order chi connectivity index (χ0) is 13.1. The van der Waals surface area contributed by atoms with Gasteiger partial charge in [-0.05, 0) is 5.56 Å². The van der Waals surface area contributed by atoms with Crippen LogP contribution in [0.2, 0.25) is 0 Å². The van der Waals surface area contributed by atoms with Gasteiger partial charge in [0.05, 0.1) is 6.42 Å². The van der Waals surface area contributed by atoms with Crippen LogP contribution in [0.1, 0.15) is 18.1 Å². The van der Waals surface area contributed by atoms with Gasteiger partial charge in [-0.1, -0.05) is 30.3 Å². The van der Waals surface area contributed by atoms with Crippen molar-refractivity contribution in [2.24, 2.45) is 0 Å². The van der Waals surface area contributed by atoms with Gasteiger partial charge in [0, 0.05) is 0 Å². The van der Waals surface area contributed by atoms with Gasteiger partial charge in [-0.3, -0.25) is 4.79 Å². The number of rotatable bonds is 5. The Morgan fingerprint density at radius 2 is 1.76 bits per heavy atom. The fourth-order valence-corrected chi connectivity index (χ4v) is 1.34. The van der Waals surface area contributed by atoms with Crippen molar-refractivity contribution in [1.29, 1.82) is 0 Å². The van der Waals surface area contributed by atoms with Crippen molar-refractivity contribution in [1.82, 2.24) is 0 Å². The van der Waals surface area contributed by atoms with E-state index in [9.17, 15) is 18.7 Å². The van der Waals surface area contributed by atoms with Gasteiger partial charge in [0.25, 0.3) is 0 Å². The third-order valence-corrected chi connectivity index (χ3v) is 2.29. The molecule has 0 saturated heterocycles. The van der Waals surface area contributed by atoms with Crippen LogP contribution in [0.4, 0.5) is 8.78 Å². The minimum Gasteiger partial charge on any atom is -0.481 e. The Hall–Kier alpha value is -1.53. The largest absolute Gasteiger partial charge is 0.481 e. The van der Waals surface area contributed by atoms with E-state index in [4.69, 9.17) is 10.2 Å². The maximum absolute atomic E-state index is 13.5. The lowest BCUT2D eigenvalue weighted by Gasteiger charge is -2.26. The van der Waals surface area contributed by atoms with E-state index in [1.54, 1.807) is 6.07 Å². The van der Waals surface area contributed by atoms with Crippen LogP contribution in [-0.2, 0) is 4.79 Å². The fourth-order valence-electron chi connectivity index (χ4n) is 1.34. The molecule has 1 aromatic rings. The van der Waals surface area contributed by atoms with Crippen LogP contribution in [0.15, 0.2) is 30.3 Å². The molecule has 0 spiro atoms. The molecule has 2 unspecified atom stereocenters. The predicted molar refractivity (Wildman–Crippen MR) is 54.6 cm³/mol. The topological polar surface area (TPSA) is 77.8 Å². The van der Waals surface area contributed by atoms with Gasteiger partial charge in [-0.25, -0.2) is 8.78 Å². The average molecular weight is 246 g/mol. The summed E-state index contributed by atoms with van der Waals surface area (Å²) < 4.78 is 27.0. The van der Waals surface area contributed by atoms with Gasteiger partial charge in [0.15, 0.2) is 0 Å². The summed E-state index contributed by atoms with van der Waals surface area (Å²) in [6.45, 7) is 0. The Morgan fingerprint density at radius 3 is 2.24 bits per heavy atom. The van der Waals surface area contributed by atoms with Crippen LogP contribution < -0.4 is 0 Å². The number of hydrogen-bond acceptors (Lipinski definition) is 3. The number of carbonyl (C=O) groups is 1. The van der Waals surface area contributed by atoms with E-state index in [0.717, 1.165) is 0 Å². The van der Waals surface area contributed by atoms with Crippen molar-refractivity contribution in [3.63, 3.8) is 0 Å². The molecule has 0 aliphatic heterocycles. The highest BCUT2D eigenvalue weighted by atomic mass is 19.3. The van der Waals surface area contributed by atoms with E-state index in [-0.39, 0.29) is 5.56 Å². The average Bonchev–Trinajstić information content (AvgIpc) is 2.28. The predicted octanol–water partition coefficient (Wildman–Crippen LogP) is 1.19. The van der Waals surface area contributed by atoms with E-state index in [0.29, 0.717) is 0 Å². The molecule has 0 aliphatic carbocycles. The van der Waals surface area contributed by atoms with E-state index in [1.165, 1.54) is 24.3 Å². The molecule has 0 aliphatic rings. The van der Waals surface area contributed by atoms with Crippen molar-refractivity contribution in [2.45, 2.75) is 24.6 Å². The molecule has 0 aromatic heterocycles. The standard InChI is InChI=1S/C11H12F2O4/c12-11(13,8(14)6-9(15)16)10(17)7-4-2-1-3-5-7/h1-5,8,10,14,17H,6H2,(H,15,16). The first-order chi connectivity index (χ1) is 7.85. The van der Waals surface area contributed by atoms with Crippen molar-refractivity contribution >= 4 is 5.97 Å². The molecule has 0 saturated carbocycles. The summed E-state index contributed by atoms with van der Waals surface area (Å²) in [5.74, 6) is -5.47. The maximum atomic E-state index is 13.5. The second-order valence-electron chi connectivity index (χ2n) is 3.60. The number of benzene rings is 1. The molecule has 0 bridgehead atoms. The van der Waals surface area contributed by atoms with Gasteiger partial charge in [-0.15, -0.1) is 0 Å². The monoisotopic (exact) mass is 246 g/mol. The second kappa shape index (κ2) is 5.20. The molecule has 0 amide bonds. The number of alkyl halides is 2. The Morgan fingerprint density at radius 1 is 1.24 bits per heavy atom. The quantitative estimate of drug-likeness (QED) is 0.729. The normalized spacial score (nSPS) is 15.3. The molecular formula is C11H12F2O4. The van der Waals surface area contributed by atoms with Gasteiger partial charge in [0.1, 0.15) is 12.2 Å². The number of hydrogen-bond donors (Lipinski definition) is 3. The third-order valence-electron chi connectivity index (χ3n) is 2.29. The Labute approximate surface area is 96.1 Å². The number of aliphatic carboxylic acids is 1. The summed E-state index contributed by atoms with van der Waals surface area (Å²) in [6.07, 6.45) is -5.80. The first-order valence-corrected chi connectivity index (χ1v) is 4.86. The van der Waals surface area contributed by atoms with Gasteiger partial charge in [-0.2, -0.15) is 0 Å². The van der Waals surface area contributed by atoms with Crippen LogP contribution in [-0.4, -0.2) is 33.3 Å². The number of aliphatic hydroxyl groups is 2. The van der Waals surface area contributed by atoms with Crippen molar-refractivity contribution < 1.29 is 28.9 Å². The summed E-state index contributed by atoms with van der Waals surface area (Å²) >= 11 is 0.